The fourth-order valence-corrected chi connectivity index (χ4v) is 3.09. The van der Waals surface area contributed by atoms with Crippen LogP contribution >= 0.6 is 0 Å². The molecule has 6 nitrogen and oxygen atoms in total. The maximum atomic E-state index is 12.5. The van der Waals surface area contributed by atoms with Gasteiger partial charge in [0.2, 0.25) is 0 Å². The lowest BCUT2D eigenvalue weighted by Crippen LogP contribution is -2.52. The molecule has 22 heavy (non-hydrogen) atoms. The number of hydrogen-bond acceptors (Lipinski definition) is 5. The van der Waals surface area contributed by atoms with Crippen molar-refractivity contribution in [1.82, 2.24) is 4.90 Å². The number of amidine groups is 1. The molecular formula is C16H19N3O3. The zero-order valence-corrected chi connectivity index (χ0v) is 12.4. The molecule has 1 aromatic rings. The van der Waals surface area contributed by atoms with Crippen molar-refractivity contribution in [1.29, 1.82) is 0 Å². The molecule has 0 saturated carbocycles. The van der Waals surface area contributed by atoms with Gasteiger partial charge in [-0.2, -0.15) is 0 Å². The zero-order chi connectivity index (χ0) is 15.9. The van der Waals surface area contributed by atoms with E-state index in [1.165, 1.54) is 0 Å². The third kappa shape index (κ3) is 2.39. The highest BCUT2D eigenvalue weighted by Gasteiger charge is 2.41. The van der Waals surface area contributed by atoms with Gasteiger partial charge in [-0.05, 0) is 24.5 Å². The SMILES string of the molecule is CC1CN(C2=Nc3ccccc3C(=O)C2C(=O)O)CCC1N. The quantitative estimate of drug-likeness (QED) is 0.762. The Morgan fingerprint density at radius 1 is 1.41 bits per heavy atom. The number of Topliss-reactive ketones (excluding diaryl/α,β-unsaturated/α-hetero) is 1. The second-order valence-corrected chi connectivity index (χ2v) is 6.00. The molecule has 2 aliphatic rings. The Bertz CT molecular complexity index is 656. The van der Waals surface area contributed by atoms with Crippen molar-refractivity contribution in [3.05, 3.63) is 29.8 Å². The van der Waals surface area contributed by atoms with Gasteiger partial charge in [0.25, 0.3) is 0 Å². The number of benzene rings is 1. The van der Waals surface area contributed by atoms with Crippen LogP contribution in [0.5, 0.6) is 0 Å². The van der Waals surface area contributed by atoms with E-state index >= 15 is 0 Å². The number of piperidine rings is 1. The monoisotopic (exact) mass is 301 g/mol. The number of likely N-dealkylation sites (tertiary alicyclic amines) is 1. The molecule has 3 atom stereocenters. The molecule has 1 aromatic carbocycles. The minimum atomic E-state index is -1.23. The van der Waals surface area contributed by atoms with E-state index < -0.39 is 17.7 Å². The number of nitrogens with zero attached hydrogens (tertiary/aromatic N) is 2. The number of carbonyl (C=O) groups excluding carboxylic acids is 1. The van der Waals surface area contributed by atoms with Crippen LogP contribution in [0.3, 0.4) is 0 Å². The largest absolute Gasteiger partial charge is 0.480 e. The van der Waals surface area contributed by atoms with Gasteiger partial charge in [-0.25, -0.2) is 4.99 Å². The summed E-state index contributed by atoms with van der Waals surface area (Å²) in [6.07, 6.45) is 0.766. The number of carboxylic acids is 1. The molecule has 3 unspecified atom stereocenters. The number of fused-ring (bicyclic) bond motifs is 1. The summed E-state index contributed by atoms with van der Waals surface area (Å²) >= 11 is 0. The Balaban J connectivity index is 2.02. The minimum absolute atomic E-state index is 0.103. The molecule has 116 valence electrons. The van der Waals surface area contributed by atoms with Gasteiger partial charge in [0, 0.05) is 24.7 Å². The van der Waals surface area contributed by atoms with E-state index in [1.807, 2.05) is 11.8 Å². The Morgan fingerprint density at radius 2 is 2.14 bits per heavy atom. The van der Waals surface area contributed by atoms with E-state index in [-0.39, 0.29) is 12.0 Å². The maximum absolute atomic E-state index is 12.5. The van der Waals surface area contributed by atoms with Crippen LogP contribution in [-0.2, 0) is 4.79 Å². The maximum Gasteiger partial charge on any atom is 0.322 e. The van der Waals surface area contributed by atoms with Gasteiger partial charge in [-0.1, -0.05) is 19.1 Å². The van der Waals surface area contributed by atoms with E-state index in [4.69, 9.17) is 5.73 Å². The third-order valence-corrected chi connectivity index (χ3v) is 4.47. The van der Waals surface area contributed by atoms with E-state index in [2.05, 4.69) is 4.99 Å². The van der Waals surface area contributed by atoms with Crippen molar-refractivity contribution in [2.45, 2.75) is 19.4 Å². The molecular weight excluding hydrogens is 282 g/mol. The number of rotatable bonds is 1. The second-order valence-electron chi connectivity index (χ2n) is 6.00. The average Bonchev–Trinajstić information content (AvgIpc) is 2.49. The number of hydrogen-bond donors (Lipinski definition) is 2. The normalized spacial score (nSPS) is 28.1. The highest BCUT2D eigenvalue weighted by Crippen LogP contribution is 2.31. The molecule has 0 amide bonds. The lowest BCUT2D eigenvalue weighted by Gasteiger charge is -2.39. The molecule has 1 saturated heterocycles. The summed E-state index contributed by atoms with van der Waals surface area (Å²) in [4.78, 5) is 30.5. The highest BCUT2D eigenvalue weighted by atomic mass is 16.4. The first-order valence-corrected chi connectivity index (χ1v) is 7.44. The zero-order valence-electron chi connectivity index (χ0n) is 12.4. The molecule has 0 aliphatic carbocycles. The van der Waals surface area contributed by atoms with Gasteiger partial charge in [0.05, 0.1) is 5.69 Å². The van der Waals surface area contributed by atoms with Gasteiger partial charge < -0.3 is 15.7 Å². The van der Waals surface area contributed by atoms with Gasteiger partial charge in [0.15, 0.2) is 11.7 Å². The Labute approximate surface area is 128 Å². The first-order chi connectivity index (χ1) is 10.5. The molecule has 2 heterocycles. The number of aliphatic carboxylic acids is 1. The second kappa shape index (κ2) is 5.53. The van der Waals surface area contributed by atoms with Crippen molar-refractivity contribution >= 4 is 23.3 Å². The number of nitrogens with two attached hydrogens (primary N) is 1. The first-order valence-electron chi connectivity index (χ1n) is 7.44. The number of ketones is 1. The summed E-state index contributed by atoms with van der Waals surface area (Å²) in [6, 6.07) is 6.99. The molecule has 0 spiro atoms. The van der Waals surface area contributed by atoms with Crippen LogP contribution < -0.4 is 5.73 Å². The summed E-state index contributed by atoms with van der Waals surface area (Å²) in [5.41, 5.74) is 6.94. The van der Waals surface area contributed by atoms with Crippen molar-refractivity contribution < 1.29 is 14.7 Å². The van der Waals surface area contributed by atoms with E-state index in [9.17, 15) is 14.7 Å². The van der Waals surface area contributed by atoms with Crippen LogP contribution in [0.25, 0.3) is 0 Å². The predicted molar refractivity (Wildman–Crippen MR) is 82.3 cm³/mol. The van der Waals surface area contributed by atoms with Gasteiger partial charge in [-0.3, -0.25) is 9.59 Å². The summed E-state index contributed by atoms with van der Waals surface area (Å²) in [6.45, 7) is 3.29. The molecule has 0 bridgehead atoms. The third-order valence-electron chi connectivity index (χ3n) is 4.47. The fraction of sp³-hybridized carbons (Fsp3) is 0.438. The number of carbonyl (C=O) groups is 2. The Hall–Kier alpha value is -2.21. The van der Waals surface area contributed by atoms with Crippen LogP contribution in [0.2, 0.25) is 0 Å². The average molecular weight is 301 g/mol. The molecule has 6 heteroatoms. The van der Waals surface area contributed by atoms with Crippen LogP contribution in [-0.4, -0.2) is 46.7 Å². The van der Waals surface area contributed by atoms with Crippen molar-refractivity contribution in [2.75, 3.05) is 13.1 Å². The molecule has 0 radical (unpaired) electrons. The molecule has 2 aliphatic heterocycles. The van der Waals surface area contributed by atoms with Crippen molar-refractivity contribution in [3.63, 3.8) is 0 Å². The predicted octanol–water partition coefficient (Wildman–Crippen LogP) is 1.28. The smallest absolute Gasteiger partial charge is 0.322 e. The summed E-state index contributed by atoms with van der Waals surface area (Å²) in [5.74, 6) is -2.19. The van der Waals surface area contributed by atoms with Gasteiger partial charge in [0.1, 0.15) is 5.84 Å². The van der Waals surface area contributed by atoms with Gasteiger partial charge >= 0.3 is 5.97 Å². The van der Waals surface area contributed by atoms with E-state index in [1.54, 1.807) is 24.3 Å². The topological polar surface area (TPSA) is 96.0 Å². The van der Waals surface area contributed by atoms with Crippen LogP contribution in [0.4, 0.5) is 5.69 Å². The number of carboxylic acid groups (broad SMARTS) is 1. The lowest BCUT2D eigenvalue weighted by atomic mass is 9.89. The van der Waals surface area contributed by atoms with Crippen LogP contribution in [0.15, 0.2) is 29.3 Å². The van der Waals surface area contributed by atoms with Gasteiger partial charge in [-0.15, -0.1) is 0 Å². The molecule has 0 aromatic heterocycles. The minimum Gasteiger partial charge on any atom is -0.480 e. The van der Waals surface area contributed by atoms with Crippen molar-refractivity contribution in [3.8, 4) is 0 Å². The highest BCUT2D eigenvalue weighted by molar-refractivity contribution is 6.26. The summed E-state index contributed by atoms with van der Waals surface area (Å²) < 4.78 is 0. The van der Waals surface area contributed by atoms with E-state index in [0.717, 1.165) is 6.42 Å². The Kier molecular flexibility index (Phi) is 3.70. The van der Waals surface area contributed by atoms with Crippen molar-refractivity contribution in [2.24, 2.45) is 22.6 Å². The standard InChI is InChI=1S/C16H19N3O3/c1-9-8-19(7-6-11(9)17)15-13(16(21)22)14(20)10-4-2-3-5-12(10)18-15/h2-5,9,11,13H,6-8,17H2,1H3,(H,21,22). The number of aliphatic imine (C=N–C) groups is 1. The van der Waals surface area contributed by atoms with Crippen LogP contribution in [0, 0.1) is 11.8 Å². The summed E-state index contributed by atoms with van der Waals surface area (Å²) in [5, 5.41) is 9.50. The van der Waals surface area contributed by atoms with E-state index in [0.29, 0.717) is 30.2 Å². The first kappa shape index (κ1) is 14.7. The molecule has 1 fully saturated rings. The molecule has 3 rings (SSSR count). The van der Waals surface area contributed by atoms with Crippen LogP contribution in [0.1, 0.15) is 23.7 Å². The Morgan fingerprint density at radius 3 is 2.82 bits per heavy atom. The molecule has 3 N–H and O–H groups in total. The fourth-order valence-electron chi connectivity index (χ4n) is 3.09. The lowest BCUT2D eigenvalue weighted by molar-refractivity contribution is -0.138. The number of para-hydroxylation sites is 1. The summed E-state index contributed by atoms with van der Waals surface area (Å²) in [7, 11) is 0.